The van der Waals surface area contributed by atoms with Crippen molar-refractivity contribution in [1.82, 2.24) is 9.78 Å². The van der Waals surface area contributed by atoms with Crippen molar-refractivity contribution in [3.05, 3.63) is 70.2 Å². The van der Waals surface area contributed by atoms with Gasteiger partial charge in [-0.05, 0) is 36.4 Å². The molecule has 4 aromatic rings. The van der Waals surface area contributed by atoms with Crippen LogP contribution in [-0.2, 0) is 16.1 Å². The monoisotopic (exact) mass is 522 g/mol. The highest BCUT2D eigenvalue weighted by molar-refractivity contribution is 5.95. The zero-order valence-electron chi connectivity index (χ0n) is 19.7. The number of benzene rings is 2. The first-order valence-electron chi connectivity index (χ1n) is 10.9. The third kappa shape index (κ3) is 4.28. The van der Waals surface area contributed by atoms with Crippen LogP contribution < -0.4 is 19.9 Å². The Hall–Kier alpha value is -5.25. The molecular formula is C25H16F2N4O7. The van der Waals surface area contributed by atoms with Crippen LogP contribution in [0.4, 0.5) is 14.5 Å². The first-order chi connectivity index (χ1) is 18.1. The van der Waals surface area contributed by atoms with E-state index < -0.39 is 30.3 Å². The smallest absolute Gasteiger partial charge is 0.465 e. The van der Waals surface area contributed by atoms with E-state index in [-0.39, 0.29) is 50.5 Å². The predicted octanol–water partition coefficient (Wildman–Crippen LogP) is 3.30. The van der Waals surface area contributed by atoms with Gasteiger partial charge in [0.25, 0.3) is 5.56 Å². The Morgan fingerprint density at radius 2 is 1.92 bits per heavy atom. The molecule has 5 rings (SSSR count). The summed E-state index contributed by atoms with van der Waals surface area (Å²) in [6.07, 6.45) is -2.54. The Bertz CT molecular complexity index is 1720. The van der Waals surface area contributed by atoms with Gasteiger partial charge in [-0.25, -0.2) is 9.48 Å². The number of likely N-dealkylation sites (N-methyl/N-ethyl adjacent to an activating group) is 1. The molecule has 2 aromatic carbocycles. The molecule has 0 atom stereocenters. The standard InChI is InChI=1S/C25H16F2N4O7/c1-30(16-3-4-18-19(10-16)38-25(26,27)37-18)20(32)12-31-23(33)17-5-6-36-22(17)21(29-31)14-7-13(11-28)8-15(9-14)24(34)35-2/h3-10H,12H2,1-2H3. The topological polar surface area (TPSA) is 137 Å². The van der Waals surface area contributed by atoms with Gasteiger partial charge in [0, 0.05) is 24.4 Å². The highest BCUT2D eigenvalue weighted by atomic mass is 19.3. The second-order valence-corrected chi connectivity index (χ2v) is 8.13. The fourth-order valence-corrected chi connectivity index (χ4v) is 3.90. The lowest BCUT2D eigenvalue weighted by Gasteiger charge is -2.18. The summed E-state index contributed by atoms with van der Waals surface area (Å²) in [4.78, 5) is 39.4. The lowest BCUT2D eigenvalue weighted by atomic mass is 10.0. The normalized spacial score (nSPS) is 13.2. The fourth-order valence-electron chi connectivity index (χ4n) is 3.90. The molecule has 13 heteroatoms. The average molecular weight is 522 g/mol. The summed E-state index contributed by atoms with van der Waals surface area (Å²) in [5.41, 5.74) is 0.251. The summed E-state index contributed by atoms with van der Waals surface area (Å²) in [6, 6.07) is 11.4. The molecule has 0 spiro atoms. The summed E-state index contributed by atoms with van der Waals surface area (Å²) in [5.74, 6) is -1.73. The van der Waals surface area contributed by atoms with Crippen LogP contribution in [0.2, 0.25) is 0 Å². The van der Waals surface area contributed by atoms with Crippen LogP contribution >= 0.6 is 0 Å². The number of nitrogens with zero attached hydrogens (tertiary/aromatic N) is 4. The maximum Gasteiger partial charge on any atom is 0.586 e. The Morgan fingerprint density at radius 1 is 1.16 bits per heavy atom. The quantitative estimate of drug-likeness (QED) is 0.362. The van der Waals surface area contributed by atoms with Gasteiger partial charge in [-0.3, -0.25) is 9.59 Å². The maximum absolute atomic E-state index is 13.4. The largest absolute Gasteiger partial charge is 0.586 e. The minimum atomic E-state index is -3.81. The SMILES string of the molecule is COC(=O)c1cc(C#N)cc(-c2nn(CC(=O)N(C)c3ccc4c(c3)OC(F)(F)O4)c(=O)c3ccoc23)c1. The Labute approximate surface area is 211 Å². The summed E-state index contributed by atoms with van der Waals surface area (Å²) >= 11 is 0. The predicted molar refractivity (Wildman–Crippen MR) is 126 cm³/mol. The molecule has 0 saturated carbocycles. The van der Waals surface area contributed by atoms with E-state index in [4.69, 9.17) is 9.15 Å². The molecule has 1 aliphatic heterocycles. The van der Waals surface area contributed by atoms with E-state index in [0.29, 0.717) is 0 Å². The van der Waals surface area contributed by atoms with Crippen molar-refractivity contribution in [2.45, 2.75) is 12.8 Å². The third-order valence-corrected chi connectivity index (χ3v) is 5.75. The van der Waals surface area contributed by atoms with Crippen molar-refractivity contribution in [2.75, 3.05) is 19.1 Å². The number of anilines is 1. The van der Waals surface area contributed by atoms with Gasteiger partial charge in [-0.1, -0.05) is 0 Å². The molecule has 2 aromatic heterocycles. The van der Waals surface area contributed by atoms with Crippen LogP contribution in [-0.4, -0.2) is 42.1 Å². The zero-order chi connectivity index (χ0) is 27.2. The van der Waals surface area contributed by atoms with Crippen LogP contribution in [0.1, 0.15) is 15.9 Å². The summed E-state index contributed by atoms with van der Waals surface area (Å²) in [5, 5.41) is 13.8. The summed E-state index contributed by atoms with van der Waals surface area (Å²) in [6.45, 7) is -0.532. The number of methoxy groups -OCH3 is 1. The first kappa shape index (κ1) is 24.4. The van der Waals surface area contributed by atoms with Crippen molar-refractivity contribution in [2.24, 2.45) is 0 Å². The molecule has 11 nitrogen and oxygen atoms in total. The van der Waals surface area contributed by atoms with Crippen molar-refractivity contribution >= 4 is 28.5 Å². The number of esters is 1. The van der Waals surface area contributed by atoms with E-state index in [2.05, 4.69) is 14.6 Å². The maximum atomic E-state index is 13.4. The van der Waals surface area contributed by atoms with Crippen LogP contribution in [0.3, 0.4) is 0 Å². The number of ether oxygens (including phenoxy) is 3. The molecule has 0 radical (unpaired) electrons. The van der Waals surface area contributed by atoms with E-state index in [1.807, 2.05) is 6.07 Å². The van der Waals surface area contributed by atoms with Crippen molar-refractivity contribution < 1.29 is 37.0 Å². The number of alkyl halides is 2. The van der Waals surface area contributed by atoms with E-state index in [1.165, 1.54) is 62.9 Å². The van der Waals surface area contributed by atoms with Gasteiger partial charge in [0.15, 0.2) is 17.1 Å². The molecule has 0 N–H and O–H groups in total. The van der Waals surface area contributed by atoms with Crippen molar-refractivity contribution in [3.63, 3.8) is 0 Å². The minimum absolute atomic E-state index is 0.0741. The number of nitriles is 1. The van der Waals surface area contributed by atoms with Crippen LogP contribution in [0.25, 0.3) is 22.2 Å². The number of carbonyl (C=O) groups excluding carboxylic acids is 2. The number of hydrogen-bond donors (Lipinski definition) is 0. The molecule has 0 unspecified atom stereocenters. The van der Waals surface area contributed by atoms with Crippen LogP contribution in [0, 0.1) is 11.3 Å². The van der Waals surface area contributed by atoms with Crippen LogP contribution in [0.5, 0.6) is 11.5 Å². The van der Waals surface area contributed by atoms with E-state index in [0.717, 1.165) is 9.58 Å². The lowest BCUT2D eigenvalue weighted by molar-refractivity contribution is -0.286. The van der Waals surface area contributed by atoms with Gasteiger partial charge in [0.05, 0.1) is 36.0 Å². The minimum Gasteiger partial charge on any atom is -0.465 e. The molecule has 1 aliphatic rings. The molecule has 1 amide bonds. The van der Waals surface area contributed by atoms with Gasteiger partial charge < -0.3 is 23.5 Å². The first-order valence-corrected chi connectivity index (χ1v) is 10.9. The van der Waals surface area contributed by atoms with E-state index in [9.17, 15) is 28.4 Å². The molecular weight excluding hydrogens is 506 g/mol. The fraction of sp³-hybridized carbons (Fsp3) is 0.160. The molecule has 0 bridgehead atoms. The number of aromatic nitrogens is 2. The highest BCUT2D eigenvalue weighted by Gasteiger charge is 2.43. The van der Waals surface area contributed by atoms with Crippen LogP contribution in [0.15, 0.2) is 57.9 Å². The average Bonchev–Trinajstić information content (AvgIpc) is 3.51. The molecule has 0 saturated heterocycles. The van der Waals surface area contributed by atoms with Gasteiger partial charge in [-0.15, -0.1) is 8.78 Å². The van der Waals surface area contributed by atoms with E-state index in [1.54, 1.807) is 0 Å². The lowest BCUT2D eigenvalue weighted by Crippen LogP contribution is -2.35. The Kier molecular flexibility index (Phi) is 5.79. The molecule has 38 heavy (non-hydrogen) atoms. The number of fused-ring (bicyclic) bond motifs is 2. The van der Waals surface area contributed by atoms with Crippen molar-refractivity contribution in [1.29, 1.82) is 5.26 Å². The Balaban J connectivity index is 1.52. The zero-order valence-corrected chi connectivity index (χ0v) is 19.7. The van der Waals surface area contributed by atoms with E-state index >= 15 is 0 Å². The van der Waals surface area contributed by atoms with Gasteiger partial charge in [0.1, 0.15) is 12.2 Å². The Morgan fingerprint density at radius 3 is 2.66 bits per heavy atom. The third-order valence-electron chi connectivity index (χ3n) is 5.75. The highest BCUT2D eigenvalue weighted by Crippen LogP contribution is 2.42. The van der Waals surface area contributed by atoms with Gasteiger partial charge in [-0.2, -0.15) is 10.4 Å². The second kappa shape index (κ2) is 9.00. The number of halogens is 2. The molecule has 3 heterocycles. The number of rotatable bonds is 5. The number of hydrogen-bond acceptors (Lipinski definition) is 9. The number of furan rings is 1. The van der Waals surface area contributed by atoms with Crippen molar-refractivity contribution in [3.8, 4) is 28.8 Å². The number of amides is 1. The molecule has 0 fully saturated rings. The molecule has 192 valence electrons. The van der Waals surface area contributed by atoms with Gasteiger partial charge >= 0.3 is 12.3 Å². The van der Waals surface area contributed by atoms with Gasteiger partial charge in [0.2, 0.25) is 5.91 Å². The summed E-state index contributed by atoms with van der Waals surface area (Å²) < 4.78 is 46.6. The number of carbonyl (C=O) groups is 2. The molecule has 0 aliphatic carbocycles. The second-order valence-electron chi connectivity index (χ2n) is 8.13. The summed E-state index contributed by atoms with van der Waals surface area (Å²) in [7, 11) is 2.58.